The van der Waals surface area contributed by atoms with E-state index in [0.717, 1.165) is 18.5 Å². The molecule has 22 rings (SSSR count). The molecule has 0 amide bonds. The molecule has 4 nitrogen and oxygen atoms in total. The minimum absolute atomic E-state index is 0.0605. The number of nitrogens with zero attached hydrogens (tertiary/aromatic N) is 4. The van der Waals surface area contributed by atoms with Crippen molar-refractivity contribution in [2.75, 3.05) is 22.9 Å². The van der Waals surface area contributed by atoms with Crippen molar-refractivity contribution in [2.24, 2.45) is 0 Å². The molecule has 0 unspecified atom stereocenters. The highest BCUT2D eigenvalue weighted by molar-refractivity contribution is 7.00. The topological polar surface area (TPSA) is 16.3 Å². The summed E-state index contributed by atoms with van der Waals surface area (Å²) in [7, 11) is 0. The van der Waals surface area contributed by atoms with E-state index in [1.807, 2.05) is 0 Å². The number of hydrogen-bond donors (Lipinski definition) is 0. The molecule has 0 radical (unpaired) electrons. The fraction of sp³-hybridized carbons (Fsp3) is 0.176. The lowest BCUT2D eigenvalue weighted by atomic mass is 9.33. The molecule has 5 heteroatoms. The predicted molar refractivity (Wildman–Crippen MR) is 534 cm³/mol. The van der Waals surface area contributed by atoms with Crippen LogP contribution in [0.5, 0.6) is 0 Å². The average Bonchev–Trinajstić information content (AvgIpc) is 0.786. The summed E-state index contributed by atoms with van der Waals surface area (Å²) in [6.45, 7) is 30.1. The van der Waals surface area contributed by atoms with Gasteiger partial charge in [0.05, 0.1) is 11.0 Å². The molecule has 0 saturated heterocycles. The van der Waals surface area contributed by atoms with E-state index < -0.39 is 0 Å². The zero-order valence-corrected chi connectivity index (χ0v) is 73.3. The molecule has 4 heterocycles. The van der Waals surface area contributed by atoms with E-state index in [1.54, 1.807) is 0 Å². The van der Waals surface area contributed by atoms with Crippen molar-refractivity contribution in [3.05, 3.63) is 385 Å². The van der Waals surface area contributed by atoms with Gasteiger partial charge in [0.15, 0.2) is 0 Å². The molecule has 2 aliphatic rings. The standard InChI is InChI=1S/C119H103BN4/c1-116(2,3)82-51-58-107-101(67-82)102-68-83(117(4,5)6)52-59-108(102)124(107)86-53-57-104-110(73-86)122(63-61-89-99(78-36-21-15-22-37-78)71-85(119(10,11)12)72-100(89)79-38-23-16-24-39-79)112-65-75(74-123-105-48-27-25-42-90(105)91-43-26-28-49-106(91)123)64-111-115(112)120(104)103-56-50-81(87-54-55-96-94-45-30-41-80-40-29-44-93(113(80)94)95-47-31-46-92(87)114(95)96)66-109(103)121(111)62-60-88-97(76-32-17-13-18-33-76)69-84(118(7,8)9)70-98(88)77-34-19-14-20-35-77/h13-59,64-73H,60-63,74H2,1-12H3. The first-order chi connectivity index (χ1) is 60.0. The van der Waals surface area contributed by atoms with Gasteiger partial charge in [-0.3, -0.25) is 0 Å². The molecule has 124 heavy (non-hydrogen) atoms. The van der Waals surface area contributed by atoms with Crippen LogP contribution in [-0.4, -0.2) is 28.9 Å². The Morgan fingerprint density at radius 2 is 0.653 bits per heavy atom. The van der Waals surface area contributed by atoms with E-state index in [1.165, 1.54) is 220 Å². The quantitative estimate of drug-likeness (QED) is 0.0613. The van der Waals surface area contributed by atoms with E-state index in [9.17, 15) is 0 Å². The summed E-state index contributed by atoms with van der Waals surface area (Å²) in [4.78, 5) is 5.62. The third-order valence-corrected chi connectivity index (χ3v) is 27.7. The summed E-state index contributed by atoms with van der Waals surface area (Å²) in [6, 6.07) is 134. The Labute approximate surface area is 729 Å². The molecule has 2 aliphatic heterocycles. The molecule has 602 valence electrons. The second-order valence-corrected chi connectivity index (χ2v) is 39.4. The van der Waals surface area contributed by atoms with Crippen molar-refractivity contribution in [1.29, 1.82) is 0 Å². The number of hydrogen-bond acceptors (Lipinski definition) is 2. The van der Waals surface area contributed by atoms with Crippen LogP contribution in [0.4, 0.5) is 22.7 Å². The molecule has 0 aliphatic carbocycles. The second-order valence-electron chi connectivity index (χ2n) is 39.4. The maximum absolute atomic E-state index is 2.81. The first-order valence-electron chi connectivity index (χ1n) is 44.7. The number of fused-ring (bicyclic) bond motifs is 12. The van der Waals surface area contributed by atoms with Crippen LogP contribution in [0.3, 0.4) is 0 Å². The van der Waals surface area contributed by atoms with Crippen molar-refractivity contribution in [3.8, 4) is 61.3 Å². The van der Waals surface area contributed by atoms with Crippen LogP contribution in [0, 0.1) is 0 Å². The van der Waals surface area contributed by atoms with Gasteiger partial charge < -0.3 is 18.9 Å². The van der Waals surface area contributed by atoms with Gasteiger partial charge in [-0.15, -0.1) is 0 Å². The van der Waals surface area contributed by atoms with Crippen molar-refractivity contribution >= 4 is 133 Å². The Hall–Kier alpha value is -13.5. The van der Waals surface area contributed by atoms with Gasteiger partial charge in [0, 0.05) is 80.6 Å². The summed E-state index contributed by atoms with van der Waals surface area (Å²) in [5, 5.41) is 15.4. The van der Waals surface area contributed by atoms with Gasteiger partial charge in [-0.2, -0.15) is 0 Å². The lowest BCUT2D eigenvalue weighted by molar-refractivity contribution is 0.590. The summed E-state index contributed by atoms with van der Waals surface area (Å²) >= 11 is 0. The normalized spacial score (nSPS) is 13.1. The number of rotatable bonds is 14. The summed E-state index contributed by atoms with van der Waals surface area (Å²) in [5.41, 5.74) is 36.2. The summed E-state index contributed by atoms with van der Waals surface area (Å²) < 4.78 is 5.20. The number of anilines is 4. The predicted octanol–water partition coefficient (Wildman–Crippen LogP) is 29.4. The second kappa shape index (κ2) is 29.1. The Bertz CT molecular complexity index is 7370. The van der Waals surface area contributed by atoms with Gasteiger partial charge in [-0.25, -0.2) is 0 Å². The maximum Gasteiger partial charge on any atom is 0.252 e. The molecule has 0 saturated carbocycles. The van der Waals surface area contributed by atoms with E-state index in [2.05, 4.69) is 448 Å². The first-order valence-corrected chi connectivity index (χ1v) is 44.7. The Balaban J connectivity index is 0.838. The third-order valence-electron chi connectivity index (χ3n) is 27.7. The molecular weight excluding hydrogens is 1500 g/mol. The highest BCUT2D eigenvalue weighted by Gasteiger charge is 2.44. The lowest BCUT2D eigenvalue weighted by Gasteiger charge is -2.45. The lowest BCUT2D eigenvalue weighted by Crippen LogP contribution is -2.62. The minimum atomic E-state index is -0.181. The van der Waals surface area contributed by atoms with Crippen molar-refractivity contribution in [2.45, 2.75) is 124 Å². The fourth-order valence-electron chi connectivity index (χ4n) is 21.3. The summed E-state index contributed by atoms with van der Waals surface area (Å²) in [5.74, 6) is 0. The number of aromatic nitrogens is 2. The molecule has 0 fully saturated rings. The SMILES string of the molecule is CC(C)(C)c1cc(-c2ccccc2)c(CCN2c3cc(-c4ccc5c6cccc7cccc(c8cccc4c85)c76)ccc3B3c4ccc(-n5c6ccc(C(C)(C)C)cc6c6cc(C(C)(C)C)ccc65)cc4N(CCc4c(-c5ccccc5)cc(C(C)(C)C)cc4-c4ccccc4)c4cc(Cn5c6ccccc6c6ccccc65)cc2c43)c(-c2ccccc2)c1. The van der Waals surface area contributed by atoms with Gasteiger partial charge in [0.2, 0.25) is 0 Å². The molecule has 0 N–H and O–H groups in total. The van der Waals surface area contributed by atoms with Gasteiger partial charge in [-0.05, 0) is 255 Å². The average molecular weight is 1600 g/mol. The van der Waals surface area contributed by atoms with Gasteiger partial charge >= 0.3 is 0 Å². The van der Waals surface area contributed by atoms with E-state index in [0.29, 0.717) is 19.6 Å². The van der Waals surface area contributed by atoms with E-state index in [-0.39, 0.29) is 28.4 Å². The fourth-order valence-corrected chi connectivity index (χ4v) is 21.3. The molecule has 18 aromatic carbocycles. The number of para-hydroxylation sites is 2. The van der Waals surface area contributed by atoms with Crippen molar-refractivity contribution in [3.63, 3.8) is 0 Å². The van der Waals surface area contributed by atoms with Crippen molar-refractivity contribution < 1.29 is 0 Å². The maximum atomic E-state index is 2.81. The molecular formula is C119H103BN4. The number of benzene rings is 18. The van der Waals surface area contributed by atoms with Crippen LogP contribution in [0.25, 0.3) is 148 Å². The highest BCUT2D eigenvalue weighted by atomic mass is 15.2. The third kappa shape index (κ3) is 12.8. The molecule has 20 aromatic rings. The van der Waals surface area contributed by atoms with Crippen LogP contribution in [0.2, 0.25) is 0 Å². The largest absolute Gasteiger partial charge is 0.342 e. The van der Waals surface area contributed by atoms with Crippen LogP contribution in [0.15, 0.2) is 346 Å². The molecule has 2 aromatic heterocycles. The first kappa shape index (κ1) is 76.6. The van der Waals surface area contributed by atoms with Gasteiger partial charge in [-0.1, -0.05) is 362 Å². The monoisotopic (exact) mass is 1600 g/mol. The van der Waals surface area contributed by atoms with Crippen LogP contribution in [-0.2, 0) is 41.0 Å². The Morgan fingerprint density at radius 1 is 0.258 bits per heavy atom. The smallest absolute Gasteiger partial charge is 0.252 e. The molecule has 0 spiro atoms. The van der Waals surface area contributed by atoms with Gasteiger partial charge in [0.1, 0.15) is 0 Å². The van der Waals surface area contributed by atoms with Gasteiger partial charge in [0.25, 0.3) is 6.71 Å². The Kier molecular flexibility index (Phi) is 18.0. The molecule has 0 bridgehead atoms. The minimum Gasteiger partial charge on any atom is -0.342 e. The van der Waals surface area contributed by atoms with Crippen LogP contribution in [0.1, 0.15) is 122 Å². The van der Waals surface area contributed by atoms with Crippen LogP contribution >= 0.6 is 0 Å². The Morgan fingerprint density at radius 3 is 1.11 bits per heavy atom. The zero-order chi connectivity index (χ0) is 84.4. The van der Waals surface area contributed by atoms with Crippen molar-refractivity contribution in [1.82, 2.24) is 9.13 Å². The van der Waals surface area contributed by atoms with Crippen LogP contribution < -0.4 is 26.2 Å². The van der Waals surface area contributed by atoms with E-state index in [4.69, 9.17) is 0 Å². The summed E-state index contributed by atoms with van der Waals surface area (Å²) in [6.07, 6.45) is 1.49. The molecule has 0 atom stereocenters. The van der Waals surface area contributed by atoms with E-state index >= 15 is 0 Å². The highest BCUT2D eigenvalue weighted by Crippen LogP contribution is 2.50. The zero-order valence-electron chi connectivity index (χ0n) is 73.3.